The fourth-order valence-corrected chi connectivity index (χ4v) is 3.48. The van der Waals surface area contributed by atoms with Crippen LogP contribution in [0.3, 0.4) is 0 Å². The first-order valence-corrected chi connectivity index (χ1v) is 9.65. The van der Waals surface area contributed by atoms with E-state index in [2.05, 4.69) is 36.3 Å². The highest BCUT2D eigenvalue weighted by Gasteiger charge is 2.15. The third-order valence-electron chi connectivity index (χ3n) is 3.41. The first kappa shape index (κ1) is 17.3. The van der Waals surface area contributed by atoms with Crippen molar-refractivity contribution in [2.75, 3.05) is 0 Å². The number of nitrogens with zero attached hydrogens (tertiary/aromatic N) is 4. The van der Waals surface area contributed by atoms with Crippen molar-refractivity contribution < 1.29 is 8.94 Å². The number of benzene rings is 2. The lowest BCUT2D eigenvalue weighted by Crippen LogP contribution is -1.84. The Hall–Kier alpha value is -2.16. The van der Waals surface area contributed by atoms with Gasteiger partial charge in [0.1, 0.15) is 0 Å². The number of halogens is 2. The van der Waals surface area contributed by atoms with Crippen LogP contribution in [0, 0.1) is 0 Å². The maximum Gasteiger partial charge on any atom is 0.277 e. The molecule has 0 unspecified atom stereocenters. The average molecular weight is 450 g/mol. The second-order valence-electron chi connectivity index (χ2n) is 5.13. The number of hydrogen-bond donors (Lipinski definition) is 0. The molecule has 0 spiro atoms. The normalized spacial score (nSPS) is 11.0. The van der Waals surface area contributed by atoms with Crippen LogP contribution in [0.5, 0.6) is 0 Å². The molecule has 0 saturated carbocycles. The topological polar surface area (TPSA) is 77.8 Å². The number of hydrogen-bond acceptors (Lipinski definition) is 7. The molecule has 130 valence electrons. The molecule has 0 aliphatic rings. The van der Waals surface area contributed by atoms with Crippen LogP contribution in [-0.4, -0.2) is 20.3 Å². The van der Waals surface area contributed by atoms with Gasteiger partial charge >= 0.3 is 0 Å². The Labute approximate surface area is 166 Å². The van der Waals surface area contributed by atoms with Gasteiger partial charge in [-0.3, -0.25) is 0 Å². The largest absolute Gasteiger partial charge is 0.411 e. The third kappa shape index (κ3) is 3.67. The Kier molecular flexibility index (Phi) is 5.05. The molecule has 0 bridgehead atoms. The molecule has 0 fully saturated rings. The van der Waals surface area contributed by atoms with E-state index in [-0.39, 0.29) is 0 Å². The van der Waals surface area contributed by atoms with E-state index in [9.17, 15) is 0 Å². The van der Waals surface area contributed by atoms with Gasteiger partial charge < -0.3 is 8.94 Å². The summed E-state index contributed by atoms with van der Waals surface area (Å²) < 4.78 is 11.8. The zero-order valence-corrected chi connectivity index (χ0v) is 16.3. The maximum absolute atomic E-state index is 6.15. The minimum absolute atomic E-state index is 0.412. The summed E-state index contributed by atoms with van der Waals surface area (Å²) >= 11 is 10.9. The zero-order valence-electron chi connectivity index (χ0n) is 13.1. The Morgan fingerprint density at radius 1 is 1.00 bits per heavy atom. The van der Waals surface area contributed by atoms with Crippen LogP contribution in [0.1, 0.15) is 5.89 Å². The molecule has 9 heteroatoms. The molecule has 4 aromatic rings. The highest BCUT2D eigenvalue weighted by atomic mass is 79.9. The smallest absolute Gasteiger partial charge is 0.277 e. The van der Waals surface area contributed by atoms with Gasteiger partial charge in [0.2, 0.25) is 17.6 Å². The number of thioether (sulfide) groups is 1. The molecule has 0 aliphatic heterocycles. The molecule has 4 rings (SSSR count). The first-order valence-electron chi connectivity index (χ1n) is 7.49. The van der Waals surface area contributed by atoms with Crippen molar-refractivity contribution in [3.8, 4) is 22.8 Å². The van der Waals surface area contributed by atoms with Gasteiger partial charge in [-0.05, 0) is 40.2 Å². The second-order valence-corrected chi connectivity index (χ2v) is 7.32. The summed E-state index contributed by atoms with van der Waals surface area (Å²) in [4.78, 5) is 4.36. The van der Waals surface area contributed by atoms with Crippen molar-refractivity contribution in [2.24, 2.45) is 0 Å². The van der Waals surface area contributed by atoms with Gasteiger partial charge in [-0.25, -0.2) is 0 Å². The summed E-state index contributed by atoms with van der Waals surface area (Å²) in [6.45, 7) is 0. The van der Waals surface area contributed by atoms with Crippen LogP contribution in [0.25, 0.3) is 22.8 Å². The minimum Gasteiger partial charge on any atom is -0.411 e. The van der Waals surface area contributed by atoms with Crippen molar-refractivity contribution in [3.05, 3.63) is 63.9 Å². The van der Waals surface area contributed by atoms with Crippen LogP contribution in [0.4, 0.5) is 0 Å². The molecule has 2 aromatic heterocycles. The van der Waals surface area contributed by atoms with Gasteiger partial charge in [0.05, 0.1) is 16.3 Å². The van der Waals surface area contributed by atoms with Crippen molar-refractivity contribution in [1.82, 2.24) is 20.3 Å². The standard InChI is InChI=1S/C17H10BrClN4O2S/c18-12-7-3-1-5-10(12)16-21-22-17(24-16)26-9-14-20-15(23-25-14)11-6-2-4-8-13(11)19/h1-8H,9H2. The Balaban J connectivity index is 1.46. The Morgan fingerprint density at radius 3 is 2.58 bits per heavy atom. The lowest BCUT2D eigenvalue weighted by atomic mass is 10.2. The predicted molar refractivity (Wildman–Crippen MR) is 102 cm³/mol. The molecule has 0 saturated heterocycles. The average Bonchev–Trinajstić information content (AvgIpc) is 3.30. The maximum atomic E-state index is 6.15. The number of aromatic nitrogens is 4. The zero-order chi connectivity index (χ0) is 17.9. The fraction of sp³-hybridized carbons (Fsp3) is 0.0588. The second kappa shape index (κ2) is 7.61. The van der Waals surface area contributed by atoms with Gasteiger partial charge in [-0.1, -0.05) is 52.8 Å². The summed E-state index contributed by atoms with van der Waals surface area (Å²) in [5.74, 6) is 1.76. The molecule has 0 aliphatic carbocycles. The van der Waals surface area contributed by atoms with E-state index in [1.807, 2.05) is 42.5 Å². The summed E-state index contributed by atoms with van der Waals surface area (Å²) in [5.41, 5.74) is 1.56. The van der Waals surface area contributed by atoms with E-state index in [1.165, 1.54) is 11.8 Å². The molecule has 2 aromatic carbocycles. The highest BCUT2D eigenvalue weighted by molar-refractivity contribution is 9.10. The molecule has 0 amide bonds. The monoisotopic (exact) mass is 448 g/mol. The molecule has 0 N–H and O–H groups in total. The molecule has 0 radical (unpaired) electrons. The van der Waals surface area contributed by atoms with Crippen LogP contribution in [0.15, 0.2) is 67.2 Å². The van der Waals surface area contributed by atoms with Gasteiger partial charge in [-0.15, -0.1) is 10.2 Å². The minimum atomic E-state index is 0.412. The van der Waals surface area contributed by atoms with E-state index in [1.54, 1.807) is 6.07 Å². The van der Waals surface area contributed by atoms with Gasteiger partial charge in [0, 0.05) is 10.0 Å². The van der Waals surface area contributed by atoms with Crippen LogP contribution in [-0.2, 0) is 5.75 Å². The molecular weight excluding hydrogens is 440 g/mol. The van der Waals surface area contributed by atoms with Gasteiger partial charge in [0.25, 0.3) is 5.22 Å². The van der Waals surface area contributed by atoms with E-state index >= 15 is 0 Å². The molecule has 26 heavy (non-hydrogen) atoms. The number of rotatable bonds is 5. The van der Waals surface area contributed by atoms with Gasteiger partial charge in [0.15, 0.2) is 0 Å². The highest BCUT2D eigenvalue weighted by Crippen LogP contribution is 2.30. The van der Waals surface area contributed by atoms with Gasteiger partial charge in [-0.2, -0.15) is 4.98 Å². The Morgan fingerprint density at radius 2 is 1.77 bits per heavy atom. The van der Waals surface area contributed by atoms with Crippen molar-refractivity contribution in [1.29, 1.82) is 0 Å². The Bertz CT molecular complexity index is 969. The molecule has 0 atom stereocenters. The predicted octanol–water partition coefficient (Wildman–Crippen LogP) is 5.49. The van der Waals surface area contributed by atoms with E-state index in [0.29, 0.717) is 33.6 Å². The molecular formula is C17H10BrClN4O2S. The summed E-state index contributed by atoms with van der Waals surface area (Å²) in [5, 5.41) is 13.1. The van der Waals surface area contributed by atoms with E-state index in [4.69, 9.17) is 20.5 Å². The summed E-state index contributed by atoms with van der Waals surface area (Å²) in [7, 11) is 0. The van der Waals surface area contributed by atoms with Crippen molar-refractivity contribution >= 4 is 39.3 Å². The van der Waals surface area contributed by atoms with E-state index < -0.39 is 0 Å². The third-order valence-corrected chi connectivity index (χ3v) is 5.24. The lowest BCUT2D eigenvalue weighted by molar-refractivity contribution is 0.391. The SMILES string of the molecule is Clc1ccccc1-c1noc(CSc2nnc(-c3ccccc3Br)o2)n1. The van der Waals surface area contributed by atoms with Crippen LogP contribution < -0.4 is 0 Å². The van der Waals surface area contributed by atoms with E-state index in [0.717, 1.165) is 15.6 Å². The summed E-state index contributed by atoms with van der Waals surface area (Å²) in [6.07, 6.45) is 0. The lowest BCUT2D eigenvalue weighted by Gasteiger charge is -1.97. The van der Waals surface area contributed by atoms with Crippen molar-refractivity contribution in [2.45, 2.75) is 11.0 Å². The first-order chi connectivity index (χ1) is 12.7. The molecule has 6 nitrogen and oxygen atoms in total. The quantitative estimate of drug-likeness (QED) is 0.372. The summed E-state index contributed by atoms with van der Waals surface area (Å²) in [6, 6.07) is 15.0. The molecule has 2 heterocycles. The van der Waals surface area contributed by atoms with Crippen LogP contribution in [0.2, 0.25) is 5.02 Å². The van der Waals surface area contributed by atoms with Crippen LogP contribution >= 0.6 is 39.3 Å². The fourth-order valence-electron chi connectivity index (χ4n) is 2.20. The van der Waals surface area contributed by atoms with Crippen molar-refractivity contribution in [3.63, 3.8) is 0 Å².